The average Bonchev–Trinajstić information content (AvgIpc) is 3.01. The molecular weight excluding hydrogens is 246 g/mol. The Balaban J connectivity index is 2.04. The molecular formula is C12H17N5O2. The smallest absolute Gasteiger partial charge is 0.312 e. The van der Waals surface area contributed by atoms with Gasteiger partial charge in [-0.25, -0.2) is 9.78 Å². The van der Waals surface area contributed by atoms with E-state index in [1.54, 1.807) is 12.5 Å². The van der Waals surface area contributed by atoms with Gasteiger partial charge < -0.3 is 20.0 Å². The van der Waals surface area contributed by atoms with Gasteiger partial charge in [-0.05, 0) is 12.1 Å². The van der Waals surface area contributed by atoms with Crippen molar-refractivity contribution in [2.24, 2.45) is 12.8 Å². The fourth-order valence-electron chi connectivity index (χ4n) is 1.83. The van der Waals surface area contributed by atoms with E-state index in [0.717, 1.165) is 11.6 Å². The molecule has 0 aromatic carbocycles. The first-order valence-corrected chi connectivity index (χ1v) is 5.96. The van der Waals surface area contributed by atoms with Gasteiger partial charge in [-0.3, -0.25) is 5.32 Å². The summed E-state index contributed by atoms with van der Waals surface area (Å²) in [5.41, 5.74) is 5.01. The molecule has 0 radical (unpaired) electrons. The molecule has 4 N–H and O–H groups in total. The van der Waals surface area contributed by atoms with Crippen LogP contribution in [0, 0.1) is 0 Å². The summed E-state index contributed by atoms with van der Waals surface area (Å²) in [5.74, 6) is 1.61. The highest BCUT2D eigenvalue weighted by Gasteiger charge is 2.19. The van der Waals surface area contributed by atoms with Crippen LogP contribution in [0.25, 0.3) is 0 Å². The van der Waals surface area contributed by atoms with Crippen LogP contribution < -0.4 is 16.4 Å². The minimum absolute atomic E-state index is 0.162. The van der Waals surface area contributed by atoms with Crippen LogP contribution in [0.15, 0.2) is 35.2 Å². The van der Waals surface area contributed by atoms with Crippen LogP contribution in [0.2, 0.25) is 0 Å². The van der Waals surface area contributed by atoms with Gasteiger partial charge in [0.1, 0.15) is 17.6 Å². The Hall–Kier alpha value is -2.28. The molecule has 0 fully saturated rings. The summed E-state index contributed by atoms with van der Waals surface area (Å²) in [4.78, 5) is 14.9. The molecule has 2 aromatic rings. The highest BCUT2D eigenvalue weighted by atomic mass is 16.3. The Bertz CT molecular complexity index is 520. The number of rotatable bonds is 6. The van der Waals surface area contributed by atoms with Crippen molar-refractivity contribution in [1.29, 1.82) is 0 Å². The van der Waals surface area contributed by atoms with Gasteiger partial charge >= 0.3 is 6.03 Å². The van der Waals surface area contributed by atoms with E-state index in [1.165, 1.54) is 0 Å². The number of carbonyl (C=O) groups excluding carboxylic acids is 1. The lowest BCUT2D eigenvalue weighted by molar-refractivity contribution is 0.249. The zero-order valence-electron chi connectivity index (χ0n) is 10.7. The highest BCUT2D eigenvalue weighted by molar-refractivity contribution is 5.71. The lowest BCUT2D eigenvalue weighted by atomic mass is 10.2. The summed E-state index contributed by atoms with van der Waals surface area (Å²) in [7, 11) is 1.92. The normalized spacial score (nSPS) is 12.3. The minimum Gasteiger partial charge on any atom is -0.467 e. The van der Waals surface area contributed by atoms with E-state index in [0.29, 0.717) is 13.1 Å². The lowest BCUT2D eigenvalue weighted by Gasteiger charge is -2.16. The maximum atomic E-state index is 10.6. The Morgan fingerprint density at radius 3 is 3.00 bits per heavy atom. The summed E-state index contributed by atoms with van der Waals surface area (Å²) in [5, 5.41) is 5.80. The number of furan rings is 1. The summed E-state index contributed by atoms with van der Waals surface area (Å²) in [6, 6.07) is 3.01. The van der Waals surface area contributed by atoms with Gasteiger partial charge in [-0.1, -0.05) is 0 Å². The fourth-order valence-corrected chi connectivity index (χ4v) is 1.83. The predicted octanol–water partition coefficient (Wildman–Crippen LogP) is 0.360. The lowest BCUT2D eigenvalue weighted by Crippen LogP contribution is -2.37. The van der Waals surface area contributed by atoms with E-state index < -0.39 is 6.03 Å². The molecule has 0 aliphatic rings. The quantitative estimate of drug-likeness (QED) is 0.655. The molecule has 2 rings (SSSR count). The average molecular weight is 263 g/mol. The summed E-state index contributed by atoms with van der Waals surface area (Å²) < 4.78 is 7.34. The molecule has 2 heterocycles. The zero-order valence-corrected chi connectivity index (χ0v) is 10.7. The van der Waals surface area contributed by atoms with Crippen LogP contribution in [-0.2, 0) is 7.05 Å². The minimum atomic E-state index is -0.534. The number of hydrogen-bond acceptors (Lipinski definition) is 4. The van der Waals surface area contributed by atoms with Crippen molar-refractivity contribution < 1.29 is 9.21 Å². The number of aromatic nitrogens is 2. The van der Waals surface area contributed by atoms with Crippen LogP contribution in [-0.4, -0.2) is 28.7 Å². The van der Waals surface area contributed by atoms with E-state index in [1.807, 2.05) is 29.9 Å². The van der Waals surface area contributed by atoms with Gasteiger partial charge in [0.05, 0.1) is 6.26 Å². The van der Waals surface area contributed by atoms with E-state index in [2.05, 4.69) is 15.6 Å². The Morgan fingerprint density at radius 1 is 1.58 bits per heavy atom. The number of nitrogens with two attached hydrogens (primary N) is 1. The van der Waals surface area contributed by atoms with Gasteiger partial charge in [0.25, 0.3) is 0 Å². The number of hydrogen-bond donors (Lipinski definition) is 3. The summed E-state index contributed by atoms with van der Waals surface area (Å²) in [6.45, 7) is 0.998. The van der Waals surface area contributed by atoms with Crippen molar-refractivity contribution in [3.05, 3.63) is 42.4 Å². The number of primary amides is 1. The Morgan fingerprint density at radius 2 is 2.42 bits per heavy atom. The molecule has 2 aromatic heterocycles. The van der Waals surface area contributed by atoms with Crippen molar-refractivity contribution >= 4 is 6.03 Å². The third-order valence-corrected chi connectivity index (χ3v) is 2.72. The van der Waals surface area contributed by atoms with Crippen LogP contribution in [0.3, 0.4) is 0 Å². The highest BCUT2D eigenvalue weighted by Crippen LogP contribution is 2.20. The summed E-state index contributed by atoms with van der Waals surface area (Å²) in [6.07, 6.45) is 5.22. The number of imidazole rings is 1. The molecule has 7 heteroatoms. The summed E-state index contributed by atoms with van der Waals surface area (Å²) >= 11 is 0. The van der Waals surface area contributed by atoms with E-state index in [-0.39, 0.29) is 6.04 Å². The first kappa shape index (κ1) is 13.2. The number of urea groups is 1. The third kappa shape index (κ3) is 3.35. The standard InChI is InChI=1S/C12H17N5O2/c1-17-7-6-15-11(17)10(9-3-2-8-19-9)14-4-5-16-12(13)18/h2-3,6-8,10,14H,4-5H2,1H3,(H3,13,16,18). The van der Waals surface area contributed by atoms with Crippen molar-refractivity contribution in [3.63, 3.8) is 0 Å². The topological polar surface area (TPSA) is 98.1 Å². The Kier molecular flexibility index (Phi) is 4.19. The van der Waals surface area contributed by atoms with Crippen molar-refractivity contribution in [2.75, 3.05) is 13.1 Å². The fraction of sp³-hybridized carbons (Fsp3) is 0.333. The first-order chi connectivity index (χ1) is 9.18. The van der Waals surface area contributed by atoms with Crippen LogP contribution in [0.1, 0.15) is 17.6 Å². The van der Waals surface area contributed by atoms with Crippen molar-refractivity contribution in [1.82, 2.24) is 20.2 Å². The van der Waals surface area contributed by atoms with Gasteiger partial charge in [-0.2, -0.15) is 0 Å². The second-order valence-electron chi connectivity index (χ2n) is 4.09. The molecule has 1 unspecified atom stereocenters. The number of aryl methyl sites for hydroxylation is 1. The molecule has 7 nitrogen and oxygen atoms in total. The van der Waals surface area contributed by atoms with Crippen LogP contribution >= 0.6 is 0 Å². The number of carbonyl (C=O) groups is 1. The van der Waals surface area contributed by atoms with E-state index >= 15 is 0 Å². The maximum absolute atomic E-state index is 10.6. The SMILES string of the molecule is Cn1ccnc1C(NCCNC(N)=O)c1ccco1. The molecule has 0 spiro atoms. The van der Waals surface area contributed by atoms with Crippen molar-refractivity contribution in [2.45, 2.75) is 6.04 Å². The van der Waals surface area contributed by atoms with E-state index in [9.17, 15) is 4.79 Å². The number of nitrogens with zero attached hydrogens (tertiary/aromatic N) is 2. The van der Waals surface area contributed by atoms with Gasteiger partial charge in [-0.15, -0.1) is 0 Å². The number of nitrogens with one attached hydrogen (secondary N) is 2. The second kappa shape index (κ2) is 6.05. The Labute approximate surface area is 110 Å². The molecule has 0 saturated heterocycles. The molecule has 1 atom stereocenters. The van der Waals surface area contributed by atoms with Gasteiger partial charge in [0.2, 0.25) is 0 Å². The first-order valence-electron chi connectivity index (χ1n) is 5.96. The van der Waals surface area contributed by atoms with Crippen LogP contribution in [0.5, 0.6) is 0 Å². The monoisotopic (exact) mass is 263 g/mol. The molecule has 0 saturated carbocycles. The van der Waals surface area contributed by atoms with Crippen molar-refractivity contribution in [3.8, 4) is 0 Å². The molecule has 0 aliphatic heterocycles. The van der Waals surface area contributed by atoms with Crippen LogP contribution in [0.4, 0.5) is 4.79 Å². The number of amides is 2. The molecule has 19 heavy (non-hydrogen) atoms. The molecule has 0 bridgehead atoms. The van der Waals surface area contributed by atoms with Gasteiger partial charge in [0.15, 0.2) is 0 Å². The molecule has 2 amide bonds. The maximum Gasteiger partial charge on any atom is 0.312 e. The molecule has 0 aliphatic carbocycles. The largest absolute Gasteiger partial charge is 0.467 e. The third-order valence-electron chi connectivity index (χ3n) is 2.72. The second-order valence-corrected chi connectivity index (χ2v) is 4.09. The zero-order chi connectivity index (χ0) is 13.7. The van der Waals surface area contributed by atoms with Gasteiger partial charge in [0, 0.05) is 32.5 Å². The predicted molar refractivity (Wildman–Crippen MR) is 69.3 cm³/mol. The van der Waals surface area contributed by atoms with E-state index in [4.69, 9.17) is 10.2 Å². The molecule has 102 valence electrons.